The Morgan fingerprint density at radius 3 is 2.85 bits per heavy atom. The van der Waals surface area contributed by atoms with Crippen LogP contribution in [0.15, 0.2) is 65.5 Å². The number of allylic oxidation sites excluding steroid dienone is 2. The summed E-state index contributed by atoms with van der Waals surface area (Å²) in [5.41, 5.74) is 4.28. The molecule has 0 aliphatic carbocycles. The number of aryl methyl sites for hydroxylation is 1. The van der Waals surface area contributed by atoms with Gasteiger partial charge in [0, 0.05) is 32.1 Å². The molecule has 4 heterocycles. The van der Waals surface area contributed by atoms with Crippen molar-refractivity contribution in [2.24, 2.45) is 16.8 Å². The third-order valence-electron chi connectivity index (χ3n) is 6.49. The molecule has 0 amide bonds. The molecule has 0 unspecified atom stereocenters. The van der Waals surface area contributed by atoms with Crippen molar-refractivity contribution in [2.45, 2.75) is 40.2 Å². The zero-order valence-corrected chi connectivity index (χ0v) is 20.4. The fourth-order valence-electron chi connectivity index (χ4n) is 4.49. The lowest BCUT2D eigenvalue weighted by Gasteiger charge is -2.33. The highest BCUT2D eigenvalue weighted by Gasteiger charge is 2.23. The number of piperidine rings is 1. The number of fused-ring (bicyclic) bond motifs is 1. The molecule has 0 bridgehead atoms. The van der Waals surface area contributed by atoms with Crippen LogP contribution in [0, 0.1) is 18.8 Å². The van der Waals surface area contributed by atoms with E-state index in [2.05, 4.69) is 78.0 Å². The lowest BCUT2D eigenvalue weighted by atomic mass is 9.98. The fraction of sp³-hybridized carbons (Fsp3) is 0.462. The molecule has 2 aliphatic heterocycles. The quantitative estimate of drug-likeness (QED) is 0.606. The van der Waals surface area contributed by atoms with E-state index >= 15 is 0 Å². The second-order valence-electron chi connectivity index (χ2n) is 9.31. The minimum absolute atomic E-state index is 0.346. The van der Waals surface area contributed by atoms with Crippen LogP contribution in [0.2, 0.25) is 0 Å². The van der Waals surface area contributed by atoms with Crippen LogP contribution in [0.4, 0.5) is 0 Å². The Morgan fingerprint density at radius 1 is 1.36 bits per heavy atom. The van der Waals surface area contributed by atoms with Crippen molar-refractivity contribution >= 4 is 11.5 Å². The first-order chi connectivity index (χ1) is 16.0. The summed E-state index contributed by atoms with van der Waals surface area (Å²) in [5.74, 6) is 3.96. The van der Waals surface area contributed by atoms with Gasteiger partial charge in [-0.05, 0) is 61.9 Å². The number of aliphatic imine (C=N–C) groups is 1. The summed E-state index contributed by atoms with van der Waals surface area (Å²) >= 11 is 0. The standard InChI is InChI=1S/C26H37N7/c1-6-22(18(2)3)26-31-23(28-15-20-9-11-27-12-10-20)14-24(32(26)5)29-16-21-17-33-13-7-8-19(4)25(33)30-21/h6-8,13-14,17-18,20,27-28,31H,1,9-12,15-16H2,2-5H3/b26-22+,29-24?. The number of hydrogen-bond acceptors (Lipinski definition) is 5. The molecule has 33 heavy (non-hydrogen) atoms. The van der Waals surface area contributed by atoms with E-state index in [4.69, 9.17) is 9.98 Å². The van der Waals surface area contributed by atoms with E-state index in [1.807, 2.05) is 18.3 Å². The molecular weight excluding hydrogens is 410 g/mol. The highest BCUT2D eigenvalue weighted by atomic mass is 15.3. The molecule has 0 spiro atoms. The maximum Gasteiger partial charge on any atom is 0.140 e. The Balaban J connectivity index is 1.60. The van der Waals surface area contributed by atoms with Gasteiger partial charge in [-0.2, -0.15) is 0 Å². The average Bonchev–Trinajstić information content (AvgIpc) is 3.24. The summed E-state index contributed by atoms with van der Waals surface area (Å²) in [5, 5.41) is 10.7. The van der Waals surface area contributed by atoms with Crippen LogP contribution < -0.4 is 16.0 Å². The molecule has 7 heteroatoms. The molecule has 7 nitrogen and oxygen atoms in total. The number of nitrogens with zero attached hydrogens (tertiary/aromatic N) is 4. The zero-order chi connectivity index (χ0) is 23.4. The van der Waals surface area contributed by atoms with E-state index in [1.54, 1.807) is 0 Å². The summed E-state index contributed by atoms with van der Waals surface area (Å²) < 4.78 is 2.07. The van der Waals surface area contributed by atoms with Crippen LogP contribution in [0.3, 0.4) is 0 Å². The van der Waals surface area contributed by atoms with E-state index in [0.717, 1.165) is 54.0 Å². The Hall–Kier alpha value is -3.06. The molecular formula is C26H37N7. The Kier molecular flexibility index (Phi) is 7.18. The van der Waals surface area contributed by atoms with Crippen LogP contribution >= 0.6 is 0 Å². The molecule has 0 aromatic carbocycles. The van der Waals surface area contributed by atoms with Crippen molar-refractivity contribution < 1.29 is 0 Å². The average molecular weight is 448 g/mol. The number of hydrogen-bond donors (Lipinski definition) is 3. The van der Waals surface area contributed by atoms with Gasteiger partial charge in [-0.25, -0.2) is 4.98 Å². The van der Waals surface area contributed by atoms with Gasteiger partial charge in [0.05, 0.1) is 12.2 Å². The van der Waals surface area contributed by atoms with Crippen molar-refractivity contribution in [3.8, 4) is 0 Å². The molecule has 1 fully saturated rings. The molecule has 4 rings (SSSR count). The molecule has 2 aliphatic rings. The van der Waals surface area contributed by atoms with E-state index in [1.165, 1.54) is 18.4 Å². The highest BCUT2D eigenvalue weighted by molar-refractivity contribution is 5.95. The zero-order valence-electron chi connectivity index (χ0n) is 20.4. The van der Waals surface area contributed by atoms with Gasteiger partial charge >= 0.3 is 0 Å². The molecule has 2 aromatic rings. The van der Waals surface area contributed by atoms with Crippen molar-refractivity contribution in [3.63, 3.8) is 0 Å². The summed E-state index contributed by atoms with van der Waals surface area (Å²) in [7, 11) is 2.06. The molecule has 1 saturated heterocycles. The second-order valence-corrected chi connectivity index (χ2v) is 9.31. The summed E-state index contributed by atoms with van der Waals surface area (Å²) in [4.78, 5) is 11.9. The number of likely N-dealkylation sites (N-methyl/N-ethyl adjacent to an activating group) is 1. The predicted molar refractivity (Wildman–Crippen MR) is 136 cm³/mol. The number of rotatable bonds is 7. The van der Waals surface area contributed by atoms with E-state index in [-0.39, 0.29) is 0 Å². The van der Waals surface area contributed by atoms with Gasteiger partial charge in [-0.1, -0.05) is 32.6 Å². The van der Waals surface area contributed by atoms with Gasteiger partial charge in [0.2, 0.25) is 0 Å². The van der Waals surface area contributed by atoms with Crippen molar-refractivity contribution in [1.82, 2.24) is 30.2 Å². The second kappa shape index (κ2) is 10.3. The minimum Gasteiger partial charge on any atom is -0.371 e. The molecule has 176 valence electrons. The fourth-order valence-corrected chi connectivity index (χ4v) is 4.49. The monoisotopic (exact) mass is 447 g/mol. The van der Waals surface area contributed by atoms with Gasteiger partial charge in [-0.3, -0.25) is 4.99 Å². The van der Waals surface area contributed by atoms with Gasteiger partial charge in [-0.15, -0.1) is 0 Å². The first-order valence-electron chi connectivity index (χ1n) is 12.0. The third-order valence-corrected chi connectivity index (χ3v) is 6.49. The molecule has 0 atom stereocenters. The van der Waals surface area contributed by atoms with Crippen LogP contribution in [0.5, 0.6) is 0 Å². The third kappa shape index (κ3) is 5.30. The number of aromatic nitrogens is 2. The maximum atomic E-state index is 4.96. The van der Waals surface area contributed by atoms with E-state index in [0.29, 0.717) is 18.4 Å². The smallest absolute Gasteiger partial charge is 0.140 e. The summed E-state index contributed by atoms with van der Waals surface area (Å²) in [6.45, 7) is 14.2. The number of pyridine rings is 1. The number of imidazole rings is 1. The van der Waals surface area contributed by atoms with Crippen LogP contribution in [0.1, 0.15) is 37.9 Å². The summed E-state index contributed by atoms with van der Waals surface area (Å²) in [6.07, 6.45) is 10.6. The Bertz CT molecular complexity index is 1080. The number of amidine groups is 1. The number of nitrogens with one attached hydrogen (secondary N) is 3. The molecule has 0 radical (unpaired) electrons. The Morgan fingerprint density at radius 2 is 2.15 bits per heavy atom. The SMILES string of the molecule is C=C/C(=C1/NC(NCC2CCNCC2)=CC(=NCc2cn3cccc(C)c3n2)N1C)C(C)C. The molecule has 2 aromatic heterocycles. The lowest BCUT2D eigenvalue weighted by Crippen LogP contribution is -2.44. The van der Waals surface area contributed by atoms with E-state index in [9.17, 15) is 0 Å². The summed E-state index contributed by atoms with van der Waals surface area (Å²) in [6, 6.07) is 4.13. The first kappa shape index (κ1) is 23.1. The van der Waals surface area contributed by atoms with Gasteiger partial charge in [0.25, 0.3) is 0 Å². The first-order valence-corrected chi connectivity index (χ1v) is 12.0. The normalized spacial score (nSPS) is 20.2. The minimum atomic E-state index is 0.346. The van der Waals surface area contributed by atoms with Crippen molar-refractivity contribution in [1.29, 1.82) is 0 Å². The van der Waals surface area contributed by atoms with Gasteiger partial charge < -0.3 is 25.3 Å². The maximum absolute atomic E-state index is 4.96. The van der Waals surface area contributed by atoms with Crippen LogP contribution in [-0.2, 0) is 6.54 Å². The molecule has 3 N–H and O–H groups in total. The van der Waals surface area contributed by atoms with E-state index < -0.39 is 0 Å². The largest absolute Gasteiger partial charge is 0.371 e. The molecule has 0 saturated carbocycles. The highest BCUT2D eigenvalue weighted by Crippen LogP contribution is 2.22. The van der Waals surface area contributed by atoms with Crippen molar-refractivity contribution in [3.05, 3.63) is 71.7 Å². The van der Waals surface area contributed by atoms with Gasteiger partial charge in [0.15, 0.2) is 0 Å². The van der Waals surface area contributed by atoms with Gasteiger partial charge in [0.1, 0.15) is 23.1 Å². The lowest BCUT2D eigenvalue weighted by molar-refractivity contribution is 0.362. The van der Waals surface area contributed by atoms with Crippen molar-refractivity contribution in [2.75, 3.05) is 26.7 Å². The van der Waals surface area contributed by atoms with Crippen LogP contribution in [0.25, 0.3) is 5.65 Å². The Labute approximate surface area is 197 Å². The predicted octanol–water partition coefficient (Wildman–Crippen LogP) is 3.56. The topological polar surface area (TPSA) is 69.0 Å². The van der Waals surface area contributed by atoms with Crippen LogP contribution in [-0.4, -0.2) is 46.8 Å².